The molecule has 1 aliphatic carbocycles. The van der Waals surface area contributed by atoms with E-state index in [2.05, 4.69) is 30.5 Å². The fourth-order valence-corrected chi connectivity index (χ4v) is 8.15. The summed E-state index contributed by atoms with van der Waals surface area (Å²) in [5.74, 6) is 1.000. The Kier molecular flexibility index (Phi) is 8.45. The van der Waals surface area contributed by atoms with Crippen LogP contribution in [-0.4, -0.2) is 67.6 Å². The lowest BCUT2D eigenvalue weighted by Crippen LogP contribution is -2.68. The third-order valence-electron chi connectivity index (χ3n) is 9.28. The minimum atomic E-state index is -1.72. The first kappa shape index (κ1) is 31.2. The van der Waals surface area contributed by atoms with Gasteiger partial charge in [0.1, 0.15) is 6.61 Å². The topological polar surface area (TPSA) is 105 Å². The van der Waals surface area contributed by atoms with E-state index in [1.807, 2.05) is 54.8 Å². The SMILES string of the molecule is CCC(=O)N1C[C@H]2C[C@@H](C1)C2N1C(=O)c2cccc(c2)S(=O)Nc2nc(cc(-c3c(C)cccc3C)n2)OC[C@H]1CC(C)(C)C. The second kappa shape index (κ2) is 12.2. The lowest BCUT2D eigenvalue weighted by atomic mass is 9.64. The normalized spacial score (nSPS) is 24.8. The molecular weight excluding hydrogens is 586 g/mol. The van der Waals surface area contributed by atoms with Gasteiger partial charge in [0.25, 0.3) is 5.91 Å². The molecule has 4 heterocycles. The van der Waals surface area contributed by atoms with Gasteiger partial charge in [-0.15, -0.1) is 0 Å². The molecule has 5 atom stereocenters. The lowest BCUT2D eigenvalue weighted by molar-refractivity contribution is -0.144. The Labute approximate surface area is 268 Å². The zero-order valence-corrected chi connectivity index (χ0v) is 27.8. The molecule has 9 nitrogen and oxygen atoms in total. The molecule has 6 bridgehead atoms. The molecule has 3 fully saturated rings. The number of hydrogen-bond donors (Lipinski definition) is 1. The van der Waals surface area contributed by atoms with Gasteiger partial charge in [-0.3, -0.25) is 14.3 Å². The molecule has 45 heavy (non-hydrogen) atoms. The first-order valence-electron chi connectivity index (χ1n) is 15.9. The third-order valence-corrected chi connectivity index (χ3v) is 10.3. The van der Waals surface area contributed by atoms with Crippen LogP contribution < -0.4 is 9.46 Å². The van der Waals surface area contributed by atoms with Crippen LogP contribution in [0.15, 0.2) is 53.4 Å². The average molecular weight is 630 g/mol. The van der Waals surface area contributed by atoms with Crippen LogP contribution in [0.25, 0.3) is 11.3 Å². The minimum Gasteiger partial charge on any atom is -0.475 e. The number of rotatable bonds is 4. The Balaban J connectivity index is 1.45. The second-order valence-corrected chi connectivity index (χ2v) is 15.1. The lowest BCUT2D eigenvalue weighted by Gasteiger charge is -2.58. The number of aromatic nitrogens is 2. The first-order valence-corrected chi connectivity index (χ1v) is 17.0. The summed E-state index contributed by atoms with van der Waals surface area (Å²) in [6.07, 6.45) is 2.18. The maximum absolute atomic E-state index is 14.6. The van der Waals surface area contributed by atoms with Gasteiger partial charge in [0.05, 0.1) is 16.6 Å². The number of ether oxygens (including phenoxy) is 1. The van der Waals surface area contributed by atoms with Crippen molar-refractivity contribution in [1.29, 1.82) is 0 Å². The quantitative estimate of drug-likeness (QED) is 0.392. The number of hydrogen-bond acceptors (Lipinski definition) is 6. The molecule has 1 N–H and O–H groups in total. The Morgan fingerprint density at radius 1 is 1.04 bits per heavy atom. The van der Waals surface area contributed by atoms with Crippen LogP contribution in [0.5, 0.6) is 5.88 Å². The van der Waals surface area contributed by atoms with Gasteiger partial charge in [-0.25, -0.2) is 9.19 Å². The van der Waals surface area contributed by atoms with Crippen molar-refractivity contribution in [3.63, 3.8) is 0 Å². The van der Waals surface area contributed by atoms with Gasteiger partial charge in [0.2, 0.25) is 17.7 Å². The Morgan fingerprint density at radius 2 is 1.73 bits per heavy atom. The van der Waals surface area contributed by atoms with Crippen molar-refractivity contribution < 1.29 is 18.5 Å². The van der Waals surface area contributed by atoms with E-state index >= 15 is 0 Å². The summed E-state index contributed by atoms with van der Waals surface area (Å²) in [6, 6.07) is 14.7. The third kappa shape index (κ3) is 6.34. The molecule has 1 aromatic heterocycles. The van der Waals surface area contributed by atoms with Crippen molar-refractivity contribution in [2.45, 2.75) is 77.8 Å². The molecule has 0 radical (unpaired) electrons. The standard InChI is InChI=1S/C35H43N5O4S/c1-7-30(41)39-18-24-14-25(19-39)32(24)40-26(17-35(4,5)6)20-44-29-16-28(31-21(2)10-8-11-22(31)3)36-34(37-29)38-45(43)27-13-9-12-23(15-27)33(40)42/h8-13,15-16,24-26,32H,7,14,17-20H2,1-6H3,(H,36,37,38)/t24-,25+,26-,32?,45?/m1/s1. The monoisotopic (exact) mass is 629 g/mol. The molecule has 3 aliphatic heterocycles. The number of aryl methyl sites for hydroxylation is 2. The molecular formula is C35H43N5O4S. The van der Waals surface area contributed by atoms with E-state index in [4.69, 9.17) is 9.72 Å². The van der Waals surface area contributed by atoms with Gasteiger partial charge in [-0.2, -0.15) is 4.98 Å². The summed E-state index contributed by atoms with van der Waals surface area (Å²) in [5, 5.41) is 0. The number of piperidine rings is 2. The number of anilines is 1. The smallest absolute Gasteiger partial charge is 0.254 e. The van der Waals surface area contributed by atoms with Gasteiger partial charge in [0, 0.05) is 42.7 Å². The van der Waals surface area contributed by atoms with E-state index in [0.717, 1.165) is 23.1 Å². The second-order valence-electron chi connectivity index (χ2n) is 13.9. The van der Waals surface area contributed by atoms with Crippen molar-refractivity contribution in [1.82, 2.24) is 19.8 Å². The molecule has 10 heteroatoms. The number of fused-ring (bicyclic) bond motifs is 6. The number of carbonyl (C=O) groups excluding carboxylic acids is 2. The van der Waals surface area contributed by atoms with Crippen molar-refractivity contribution in [3.8, 4) is 17.1 Å². The highest BCUT2D eigenvalue weighted by atomic mass is 32.2. The van der Waals surface area contributed by atoms with E-state index in [-0.39, 0.29) is 53.7 Å². The summed E-state index contributed by atoms with van der Waals surface area (Å²) in [4.78, 5) is 41.1. The van der Waals surface area contributed by atoms with Crippen LogP contribution in [0.3, 0.4) is 0 Å². The maximum atomic E-state index is 14.6. The van der Waals surface area contributed by atoms with Crippen molar-refractivity contribution >= 4 is 28.7 Å². The van der Waals surface area contributed by atoms with Gasteiger partial charge in [-0.05, 0) is 73.3 Å². The Morgan fingerprint density at radius 3 is 2.40 bits per heavy atom. The van der Waals surface area contributed by atoms with Gasteiger partial charge in [0.15, 0.2) is 11.0 Å². The summed E-state index contributed by atoms with van der Waals surface area (Å²) >= 11 is 0. The highest BCUT2D eigenvalue weighted by molar-refractivity contribution is 7.86. The van der Waals surface area contributed by atoms with Crippen LogP contribution in [0, 0.1) is 31.1 Å². The molecule has 3 aromatic rings. The van der Waals surface area contributed by atoms with Crippen LogP contribution in [0.1, 0.15) is 68.4 Å². The molecule has 2 amide bonds. The van der Waals surface area contributed by atoms with E-state index in [0.29, 0.717) is 48.0 Å². The summed E-state index contributed by atoms with van der Waals surface area (Å²) in [7, 11) is -1.72. The zero-order chi connectivity index (χ0) is 32.0. The van der Waals surface area contributed by atoms with Crippen molar-refractivity contribution in [2.75, 3.05) is 24.4 Å². The van der Waals surface area contributed by atoms with E-state index in [1.54, 1.807) is 24.3 Å². The summed E-state index contributed by atoms with van der Waals surface area (Å²) in [6.45, 7) is 14.1. The van der Waals surface area contributed by atoms with Crippen LogP contribution in [0.2, 0.25) is 0 Å². The number of carbonyl (C=O) groups is 2. The number of amides is 2. The molecule has 1 saturated carbocycles. The maximum Gasteiger partial charge on any atom is 0.254 e. The van der Waals surface area contributed by atoms with Gasteiger partial charge < -0.3 is 14.5 Å². The van der Waals surface area contributed by atoms with Gasteiger partial charge >= 0.3 is 0 Å². The molecule has 238 valence electrons. The van der Waals surface area contributed by atoms with Gasteiger partial charge in [-0.1, -0.05) is 52.0 Å². The highest BCUT2D eigenvalue weighted by Crippen LogP contribution is 2.46. The molecule has 7 rings (SSSR count). The number of nitrogens with zero attached hydrogens (tertiary/aromatic N) is 4. The minimum absolute atomic E-state index is 0.0158. The average Bonchev–Trinajstić information content (AvgIpc) is 3.00. The molecule has 2 unspecified atom stereocenters. The first-order chi connectivity index (χ1) is 21.4. The summed E-state index contributed by atoms with van der Waals surface area (Å²) < 4.78 is 23.1. The fraction of sp³-hybridized carbons (Fsp3) is 0.486. The number of benzene rings is 2. The van der Waals surface area contributed by atoms with Crippen LogP contribution in [0.4, 0.5) is 5.95 Å². The van der Waals surface area contributed by atoms with E-state index in [9.17, 15) is 13.8 Å². The Bertz CT molecular complexity index is 1620. The summed E-state index contributed by atoms with van der Waals surface area (Å²) in [5.41, 5.74) is 4.15. The number of nitrogens with one attached hydrogen (secondary N) is 1. The predicted molar refractivity (Wildman–Crippen MR) is 175 cm³/mol. The zero-order valence-electron chi connectivity index (χ0n) is 27.0. The van der Waals surface area contributed by atoms with Crippen LogP contribution in [-0.2, 0) is 15.8 Å². The molecule has 2 aromatic carbocycles. The molecule has 0 spiro atoms. The fourth-order valence-electron chi connectivity index (χ4n) is 7.34. The van der Waals surface area contributed by atoms with E-state index < -0.39 is 11.0 Å². The van der Waals surface area contributed by atoms with E-state index in [1.165, 1.54) is 0 Å². The molecule has 2 saturated heterocycles. The molecule has 4 aliphatic rings. The largest absolute Gasteiger partial charge is 0.475 e. The van der Waals surface area contributed by atoms with Crippen molar-refractivity contribution in [3.05, 3.63) is 65.2 Å². The predicted octanol–water partition coefficient (Wildman–Crippen LogP) is 5.79. The Hall–Kier alpha value is -3.79. The van der Waals surface area contributed by atoms with Crippen molar-refractivity contribution in [2.24, 2.45) is 17.3 Å². The highest BCUT2D eigenvalue weighted by Gasteiger charge is 2.53. The van der Waals surface area contributed by atoms with Crippen LogP contribution >= 0.6 is 0 Å².